The van der Waals surface area contributed by atoms with Gasteiger partial charge in [0.2, 0.25) is 0 Å². The van der Waals surface area contributed by atoms with Crippen molar-refractivity contribution < 1.29 is 9.90 Å². The van der Waals surface area contributed by atoms with Gasteiger partial charge in [-0.1, -0.05) is 0 Å². The van der Waals surface area contributed by atoms with Gasteiger partial charge in [-0.15, -0.1) is 12.4 Å². The Morgan fingerprint density at radius 2 is 1.75 bits per heavy atom. The van der Waals surface area contributed by atoms with Crippen LogP contribution in [0.1, 0.15) is 32.1 Å². The molecule has 0 atom stereocenters. The number of halogens is 1. The van der Waals surface area contributed by atoms with Crippen molar-refractivity contribution in [3.63, 3.8) is 0 Å². The van der Waals surface area contributed by atoms with Gasteiger partial charge in [-0.25, -0.2) is 0 Å². The smallest absolute Gasteiger partial charge is 0.309 e. The van der Waals surface area contributed by atoms with Crippen LogP contribution in [0, 0.1) is 5.41 Å². The molecule has 0 saturated heterocycles. The molecule has 0 unspecified atom stereocenters. The van der Waals surface area contributed by atoms with E-state index in [9.17, 15) is 4.79 Å². The maximum Gasteiger partial charge on any atom is 0.309 e. The summed E-state index contributed by atoms with van der Waals surface area (Å²) in [5.74, 6) is -0.637. The molecule has 70 valence electrons. The van der Waals surface area contributed by atoms with E-state index in [2.05, 4.69) is 0 Å². The number of fused-ring (bicyclic) bond motifs is 2. The lowest BCUT2D eigenvalue weighted by Gasteiger charge is -2.21. The van der Waals surface area contributed by atoms with Crippen molar-refractivity contribution in [1.29, 1.82) is 0 Å². The van der Waals surface area contributed by atoms with Gasteiger partial charge in [0, 0.05) is 5.54 Å². The zero-order chi connectivity index (χ0) is 8.11. The van der Waals surface area contributed by atoms with Gasteiger partial charge in [-0.3, -0.25) is 4.79 Å². The van der Waals surface area contributed by atoms with Gasteiger partial charge in [-0.05, 0) is 32.1 Å². The average molecular weight is 192 g/mol. The molecule has 0 radical (unpaired) electrons. The summed E-state index contributed by atoms with van der Waals surface area (Å²) in [5, 5.41) is 8.95. The lowest BCUT2D eigenvalue weighted by molar-refractivity contribution is -0.148. The van der Waals surface area contributed by atoms with Gasteiger partial charge in [0.05, 0.1) is 5.41 Å². The second kappa shape index (κ2) is 2.60. The minimum Gasteiger partial charge on any atom is -0.481 e. The third-order valence-electron chi connectivity index (χ3n) is 3.35. The van der Waals surface area contributed by atoms with Crippen LogP contribution in [0.2, 0.25) is 0 Å². The van der Waals surface area contributed by atoms with Crippen LogP contribution < -0.4 is 5.73 Å². The summed E-state index contributed by atoms with van der Waals surface area (Å²) in [6.45, 7) is 0. The SMILES string of the molecule is Cl.NC12CCC(C(=O)O)(CC1)C2. The topological polar surface area (TPSA) is 63.3 Å². The van der Waals surface area contributed by atoms with Crippen LogP contribution in [0.15, 0.2) is 0 Å². The molecule has 3 nitrogen and oxygen atoms in total. The largest absolute Gasteiger partial charge is 0.481 e. The quantitative estimate of drug-likeness (QED) is 0.654. The fraction of sp³-hybridized carbons (Fsp3) is 0.875. The first-order valence-electron chi connectivity index (χ1n) is 4.09. The zero-order valence-corrected chi connectivity index (χ0v) is 7.69. The summed E-state index contributed by atoms with van der Waals surface area (Å²) in [5.41, 5.74) is 5.40. The summed E-state index contributed by atoms with van der Waals surface area (Å²) in [7, 11) is 0. The van der Waals surface area contributed by atoms with Crippen molar-refractivity contribution in [2.45, 2.75) is 37.6 Å². The van der Waals surface area contributed by atoms with E-state index in [0.29, 0.717) is 6.42 Å². The molecule has 0 aromatic heterocycles. The van der Waals surface area contributed by atoms with Crippen LogP contribution in [0.3, 0.4) is 0 Å². The molecule has 0 amide bonds. The summed E-state index contributed by atoms with van der Waals surface area (Å²) < 4.78 is 0. The van der Waals surface area contributed by atoms with Crippen LogP contribution in [-0.4, -0.2) is 16.6 Å². The highest BCUT2D eigenvalue weighted by Gasteiger charge is 2.56. The molecule has 2 rings (SSSR count). The third-order valence-corrected chi connectivity index (χ3v) is 3.35. The first-order valence-corrected chi connectivity index (χ1v) is 4.09. The molecule has 2 fully saturated rings. The van der Waals surface area contributed by atoms with Crippen LogP contribution >= 0.6 is 12.4 Å². The van der Waals surface area contributed by atoms with Crippen molar-refractivity contribution >= 4 is 18.4 Å². The van der Waals surface area contributed by atoms with Crippen molar-refractivity contribution in [2.24, 2.45) is 11.1 Å². The molecule has 0 heterocycles. The molecular formula is C8H14ClNO2. The second-order valence-corrected chi connectivity index (χ2v) is 4.12. The van der Waals surface area contributed by atoms with Gasteiger partial charge >= 0.3 is 5.97 Å². The standard InChI is InChI=1S/C8H13NO2.ClH/c9-8-3-1-7(5-8,2-4-8)6(10)11;/h1-5,9H2,(H,10,11);1H. The Bertz CT molecular complexity index is 209. The Hall–Kier alpha value is -0.280. The molecule has 3 N–H and O–H groups in total. The van der Waals surface area contributed by atoms with E-state index in [1.807, 2.05) is 0 Å². The molecule has 0 aliphatic heterocycles. The lowest BCUT2D eigenvalue weighted by Crippen LogP contribution is -2.33. The molecule has 0 aromatic carbocycles. The highest BCUT2D eigenvalue weighted by Crippen LogP contribution is 2.55. The van der Waals surface area contributed by atoms with E-state index in [1.165, 1.54) is 0 Å². The summed E-state index contributed by atoms with van der Waals surface area (Å²) >= 11 is 0. The van der Waals surface area contributed by atoms with Crippen molar-refractivity contribution in [3.05, 3.63) is 0 Å². The van der Waals surface area contributed by atoms with E-state index in [1.54, 1.807) is 0 Å². The highest BCUT2D eigenvalue weighted by atomic mass is 35.5. The van der Waals surface area contributed by atoms with Crippen LogP contribution in [-0.2, 0) is 4.79 Å². The number of nitrogens with two attached hydrogens (primary N) is 1. The Morgan fingerprint density at radius 1 is 1.25 bits per heavy atom. The minimum atomic E-state index is -0.637. The predicted octanol–water partition coefficient (Wildman–Crippen LogP) is 1.15. The number of rotatable bonds is 1. The predicted molar refractivity (Wildman–Crippen MR) is 47.3 cm³/mol. The highest BCUT2D eigenvalue weighted by molar-refractivity contribution is 5.85. The van der Waals surface area contributed by atoms with E-state index < -0.39 is 11.4 Å². The maximum absolute atomic E-state index is 10.9. The normalized spacial score (nSPS) is 44.1. The fourth-order valence-electron chi connectivity index (χ4n) is 2.54. The van der Waals surface area contributed by atoms with Gasteiger partial charge in [-0.2, -0.15) is 0 Å². The van der Waals surface area contributed by atoms with Crippen LogP contribution in [0.25, 0.3) is 0 Å². The fourth-order valence-corrected chi connectivity index (χ4v) is 2.54. The van der Waals surface area contributed by atoms with E-state index in [0.717, 1.165) is 25.7 Å². The molecule has 2 saturated carbocycles. The van der Waals surface area contributed by atoms with Crippen molar-refractivity contribution in [1.82, 2.24) is 0 Å². The van der Waals surface area contributed by atoms with Gasteiger partial charge < -0.3 is 10.8 Å². The Kier molecular flexibility index (Phi) is 2.13. The van der Waals surface area contributed by atoms with Crippen LogP contribution in [0.5, 0.6) is 0 Å². The number of hydrogen-bond acceptors (Lipinski definition) is 2. The summed E-state index contributed by atoms with van der Waals surface area (Å²) in [4.78, 5) is 10.9. The van der Waals surface area contributed by atoms with Crippen LogP contribution in [0.4, 0.5) is 0 Å². The molecule has 0 spiro atoms. The van der Waals surface area contributed by atoms with Gasteiger partial charge in [0.1, 0.15) is 0 Å². The third kappa shape index (κ3) is 1.12. The minimum absolute atomic E-state index is 0. The molecule has 12 heavy (non-hydrogen) atoms. The van der Waals surface area contributed by atoms with E-state index in [4.69, 9.17) is 10.8 Å². The number of hydrogen-bond donors (Lipinski definition) is 2. The Balaban J connectivity index is 0.000000720. The maximum atomic E-state index is 10.9. The number of aliphatic carboxylic acids is 1. The number of carboxylic acids is 1. The van der Waals surface area contributed by atoms with E-state index in [-0.39, 0.29) is 17.9 Å². The number of carbonyl (C=O) groups is 1. The van der Waals surface area contributed by atoms with Crippen molar-refractivity contribution in [3.8, 4) is 0 Å². The molecule has 0 aromatic rings. The Morgan fingerprint density at radius 3 is 1.92 bits per heavy atom. The first-order chi connectivity index (χ1) is 5.06. The Labute approximate surface area is 77.7 Å². The van der Waals surface area contributed by atoms with E-state index >= 15 is 0 Å². The van der Waals surface area contributed by atoms with Gasteiger partial charge in [0.25, 0.3) is 0 Å². The first kappa shape index (κ1) is 9.81. The molecule has 2 aliphatic carbocycles. The summed E-state index contributed by atoms with van der Waals surface area (Å²) in [6.07, 6.45) is 4.09. The van der Waals surface area contributed by atoms with Gasteiger partial charge in [0.15, 0.2) is 0 Å². The summed E-state index contributed by atoms with van der Waals surface area (Å²) in [6, 6.07) is 0. The molecule has 2 aliphatic rings. The lowest BCUT2D eigenvalue weighted by atomic mass is 9.84. The zero-order valence-electron chi connectivity index (χ0n) is 6.88. The number of carboxylic acid groups (broad SMARTS) is 1. The average Bonchev–Trinajstić information content (AvgIpc) is 2.42. The molecule has 2 bridgehead atoms. The monoisotopic (exact) mass is 191 g/mol. The molecule has 4 heteroatoms. The molecular weight excluding hydrogens is 178 g/mol. The second-order valence-electron chi connectivity index (χ2n) is 4.12. The van der Waals surface area contributed by atoms with Crippen molar-refractivity contribution in [2.75, 3.05) is 0 Å².